The molecule has 0 aliphatic carbocycles. The van der Waals surface area contributed by atoms with Crippen molar-refractivity contribution in [2.24, 2.45) is 0 Å². The summed E-state index contributed by atoms with van der Waals surface area (Å²) in [6.07, 6.45) is 0. The maximum Gasteiger partial charge on any atom is 0.340 e. The first-order chi connectivity index (χ1) is 9.93. The zero-order valence-electron chi connectivity index (χ0n) is 11.7. The molecule has 1 heterocycles. The highest BCUT2D eigenvalue weighted by molar-refractivity contribution is 7.09. The third-order valence-corrected chi connectivity index (χ3v) is 4.12. The zero-order valence-corrected chi connectivity index (χ0v) is 12.6. The smallest absolute Gasteiger partial charge is 0.340 e. The summed E-state index contributed by atoms with van der Waals surface area (Å²) in [5, 5.41) is 2.92. The number of aromatic nitrogens is 1. The van der Waals surface area contributed by atoms with Crippen molar-refractivity contribution in [2.75, 3.05) is 12.4 Å². The summed E-state index contributed by atoms with van der Waals surface area (Å²) in [4.78, 5) is 16.5. The van der Waals surface area contributed by atoms with Gasteiger partial charge in [-0.25, -0.2) is 18.6 Å². The van der Waals surface area contributed by atoms with E-state index >= 15 is 0 Å². The molecule has 1 N–H and O–H groups in total. The van der Waals surface area contributed by atoms with Crippen molar-refractivity contribution < 1.29 is 18.3 Å². The average molecular weight is 312 g/mol. The van der Waals surface area contributed by atoms with Crippen LogP contribution in [0.1, 0.15) is 33.9 Å². The Kier molecular flexibility index (Phi) is 4.52. The molecule has 0 aliphatic heterocycles. The fourth-order valence-corrected chi connectivity index (χ4v) is 2.76. The lowest BCUT2D eigenvalue weighted by Gasteiger charge is -2.16. The highest BCUT2D eigenvalue weighted by Crippen LogP contribution is 2.28. The molecular weight excluding hydrogens is 298 g/mol. The number of nitrogens with zero attached hydrogens (tertiary/aromatic N) is 1. The minimum absolute atomic E-state index is 0.0390. The van der Waals surface area contributed by atoms with E-state index in [4.69, 9.17) is 0 Å². The normalized spacial score (nSPS) is 12.0. The molecular formula is C14H14F2N2O2S. The fourth-order valence-electron chi connectivity index (χ4n) is 1.95. The molecule has 21 heavy (non-hydrogen) atoms. The number of benzene rings is 1. The summed E-state index contributed by atoms with van der Waals surface area (Å²) in [5.74, 6) is -2.57. The Morgan fingerprint density at radius 1 is 1.38 bits per heavy atom. The van der Waals surface area contributed by atoms with Crippen LogP contribution in [0.15, 0.2) is 17.6 Å². The number of aryl methyl sites for hydroxylation is 1. The highest BCUT2D eigenvalue weighted by Gasteiger charge is 2.19. The van der Waals surface area contributed by atoms with Gasteiger partial charge in [0.25, 0.3) is 0 Å². The van der Waals surface area contributed by atoms with Gasteiger partial charge >= 0.3 is 5.97 Å². The first-order valence-corrected chi connectivity index (χ1v) is 7.06. The number of nitrogens with one attached hydrogen (secondary N) is 1. The number of rotatable bonds is 4. The van der Waals surface area contributed by atoms with Crippen LogP contribution in [0.2, 0.25) is 0 Å². The molecule has 0 radical (unpaired) electrons. The predicted molar refractivity (Wildman–Crippen MR) is 76.6 cm³/mol. The molecule has 0 spiro atoms. The van der Waals surface area contributed by atoms with Crippen LogP contribution in [0.4, 0.5) is 14.5 Å². The number of carbonyl (C=O) groups is 1. The molecule has 0 aliphatic rings. The molecule has 1 atom stereocenters. The molecule has 1 aromatic carbocycles. The van der Waals surface area contributed by atoms with E-state index in [2.05, 4.69) is 15.0 Å². The Hall–Kier alpha value is -2.02. The molecule has 4 nitrogen and oxygen atoms in total. The largest absolute Gasteiger partial charge is 0.465 e. The van der Waals surface area contributed by atoms with Gasteiger partial charge in [0, 0.05) is 10.9 Å². The van der Waals surface area contributed by atoms with Crippen molar-refractivity contribution in [3.63, 3.8) is 0 Å². The Morgan fingerprint density at radius 2 is 2.10 bits per heavy atom. The van der Waals surface area contributed by atoms with Gasteiger partial charge in [-0.1, -0.05) is 0 Å². The third kappa shape index (κ3) is 3.18. The standard InChI is InChI=1S/C14H14F2N2O2S/c1-7-13(21-6-17-7)8(2)18-12-4-9(14(19)20-3)10(15)5-11(12)16/h4-6,8,18H,1-3H3. The van der Waals surface area contributed by atoms with Crippen LogP contribution < -0.4 is 5.32 Å². The van der Waals surface area contributed by atoms with E-state index < -0.39 is 17.6 Å². The number of halogens is 2. The fraction of sp³-hybridized carbons (Fsp3) is 0.286. The van der Waals surface area contributed by atoms with Crippen molar-refractivity contribution in [2.45, 2.75) is 19.9 Å². The molecule has 2 aromatic rings. The van der Waals surface area contributed by atoms with Gasteiger partial charge in [-0.05, 0) is 19.9 Å². The Bertz CT molecular complexity index is 673. The van der Waals surface area contributed by atoms with E-state index in [1.54, 1.807) is 5.51 Å². The number of ether oxygens (including phenoxy) is 1. The molecule has 0 fully saturated rings. The van der Waals surface area contributed by atoms with Gasteiger partial charge in [-0.3, -0.25) is 0 Å². The lowest BCUT2D eigenvalue weighted by molar-refractivity contribution is 0.0595. The van der Waals surface area contributed by atoms with Crippen molar-refractivity contribution in [3.05, 3.63) is 45.4 Å². The number of anilines is 1. The molecule has 0 amide bonds. The van der Waals surface area contributed by atoms with Crippen LogP contribution in [-0.2, 0) is 4.74 Å². The summed E-state index contributed by atoms with van der Waals surface area (Å²) in [5.41, 5.74) is 2.27. The third-order valence-electron chi connectivity index (χ3n) is 3.01. The zero-order chi connectivity index (χ0) is 15.6. The molecule has 1 aromatic heterocycles. The van der Waals surface area contributed by atoms with Gasteiger partial charge in [0.2, 0.25) is 0 Å². The van der Waals surface area contributed by atoms with Crippen molar-refractivity contribution >= 4 is 23.0 Å². The van der Waals surface area contributed by atoms with Crippen LogP contribution >= 0.6 is 11.3 Å². The van der Waals surface area contributed by atoms with Gasteiger partial charge in [0.15, 0.2) is 0 Å². The lowest BCUT2D eigenvalue weighted by Crippen LogP contribution is -2.11. The lowest BCUT2D eigenvalue weighted by atomic mass is 10.1. The van der Waals surface area contributed by atoms with E-state index in [9.17, 15) is 13.6 Å². The number of thiazole rings is 1. The Morgan fingerprint density at radius 3 is 2.67 bits per heavy atom. The average Bonchev–Trinajstić information content (AvgIpc) is 2.87. The van der Waals surface area contributed by atoms with Crippen molar-refractivity contribution in [1.82, 2.24) is 4.98 Å². The summed E-state index contributed by atoms with van der Waals surface area (Å²) in [7, 11) is 1.14. The van der Waals surface area contributed by atoms with E-state index in [1.165, 1.54) is 11.3 Å². The summed E-state index contributed by atoms with van der Waals surface area (Å²) < 4.78 is 31.9. The van der Waals surface area contributed by atoms with Gasteiger partial charge in [0.1, 0.15) is 11.6 Å². The molecule has 0 saturated heterocycles. The highest BCUT2D eigenvalue weighted by atomic mass is 32.1. The number of carbonyl (C=O) groups excluding carboxylic acids is 1. The first-order valence-electron chi connectivity index (χ1n) is 6.18. The van der Waals surface area contributed by atoms with E-state index in [-0.39, 0.29) is 17.3 Å². The van der Waals surface area contributed by atoms with Crippen LogP contribution in [-0.4, -0.2) is 18.1 Å². The number of hydrogen-bond acceptors (Lipinski definition) is 5. The molecule has 0 saturated carbocycles. The SMILES string of the molecule is COC(=O)c1cc(NC(C)c2scnc2C)c(F)cc1F. The van der Waals surface area contributed by atoms with Crippen molar-refractivity contribution in [3.8, 4) is 0 Å². The van der Waals surface area contributed by atoms with E-state index in [0.717, 1.165) is 23.7 Å². The predicted octanol–water partition coefficient (Wildman–Crippen LogP) is 3.69. The van der Waals surface area contributed by atoms with Gasteiger partial charge in [-0.15, -0.1) is 11.3 Å². The van der Waals surface area contributed by atoms with Gasteiger partial charge in [0.05, 0.1) is 35.6 Å². The van der Waals surface area contributed by atoms with Crippen LogP contribution in [0.3, 0.4) is 0 Å². The topological polar surface area (TPSA) is 51.2 Å². The quantitative estimate of drug-likeness (QED) is 0.875. The second-order valence-electron chi connectivity index (χ2n) is 4.47. The molecule has 1 unspecified atom stereocenters. The summed E-state index contributed by atoms with van der Waals surface area (Å²) in [6.45, 7) is 3.69. The maximum atomic E-state index is 13.8. The maximum absolute atomic E-state index is 13.8. The van der Waals surface area contributed by atoms with E-state index in [0.29, 0.717) is 6.07 Å². The Labute approximate surface area is 124 Å². The van der Waals surface area contributed by atoms with Crippen LogP contribution in [0.25, 0.3) is 0 Å². The van der Waals surface area contributed by atoms with Gasteiger partial charge in [-0.2, -0.15) is 0 Å². The summed E-state index contributed by atoms with van der Waals surface area (Å²) in [6, 6.07) is 1.56. The Balaban J connectivity index is 2.32. The number of methoxy groups -OCH3 is 1. The van der Waals surface area contributed by atoms with Crippen molar-refractivity contribution in [1.29, 1.82) is 0 Å². The minimum atomic E-state index is -0.952. The van der Waals surface area contributed by atoms with Crippen LogP contribution in [0.5, 0.6) is 0 Å². The second-order valence-corrected chi connectivity index (χ2v) is 5.36. The van der Waals surface area contributed by atoms with E-state index in [1.807, 2.05) is 13.8 Å². The molecule has 2 rings (SSSR count). The molecule has 7 heteroatoms. The minimum Gasteiger partial charge on any atom is -0.465 e. The first kappa shape index (κ1) is 15.4. The van der Waals surface area contributed by atoms with Gasteiger partial charge < -0.3 is 10.1 Å². The van der Waals surface area contributed by atoms with Crippen LogP contribution in [0, 0.1) is 18.6 Å². The molecule has 0 bridgehead atoms. The summed E-state index contributed by atoms with van der Waals surface area (Å²) >= 11 is 1.44. The number of hydrogen-bond donors (Lipinski definition) is 1. The second kappa shape index (κ2) is 6.17. The monoisotopic (exact) mass is 312 g/mol. The molecule has 112 valence electrons. The number of esters is 1.